The van der Waals surface area contributed by atoms with Crippen LogP contribution in [0.25, 0.3) is 0 Å². The SMILES string of the molecule is CC(C)(C)OC(=O)CCB1OC(C)(C)C(C)(C)O1.CC1(C)OB(CCC(=O)O)OC1(C)C.NCCc1ccccc1.O=C(CCB(O)O)NCCc1ccccc1.O=C(CCB(O)O)NCCc1ccccc1.O=C(O)C(F)(F)F. The summed E-state index contributed by atoms with van der Waals surface area (Å²) in [5, 5.41) is 55.4. The minimum absolute atomic E-state index is 0.0802. The first kappa shape index (κ1) is 74.7. The van der Waals surface area contributed by atoms with Gasteiger partial charge in [-0.1, -0.05) is 91.0 Å². The minimum Gasteiger partial charge on any atom is -0.481 e. The number of amides is 2. The van der Waals surface area contributed by atoms with E-state index in [9.17, 15) is 32.3 Å². The average Bonchev–Trinajstić information content (AvgIpc) is 3.70. The van der Waals surface area contributed by atoms with Crippen molar-refractivity contribution in [2.75, 3.05) is 19.6 Å². The molecule has 0 spiro atoms. The van der Waals surface area contributed by atoms with Crippen molar-refractivity contribution >= 4 is 58.2 Å². The molecule has 2 amide bonds. The Hall–Kier alpha value is -5.30. The van der Waals surface area contributed by atoms with Crippen LogP contribution in [0.3, 0.4) is 0 Å². The van der Waals surface area contributed by atoms with Gasteiger partial charge in [-0.2, -0.15) is 13.2 Å². The van der Waals surface area contributed by atoms with E-state index in [0.717, 1.165) is 25.8 Å². The number of carboxylic acids is 2. The number of halogens is 3. The van der Waals surface area contributed by atoms with E-state index in [4.69, 9.17) is 64.2 Å². The molecular formula is C54H86B4F3N3O16. The number of alkyl halides is 3. The Morgan fingerprint density at radius 2 is 0.850 bits per heavy atom. The Balaban J connectivity index is 0.000000957. The van der Waals surface area contributed by atoms with Crippen molar-refractivity contribution in [2.24, 2.45) is 5.73 Å². The Morgan fingerprint density at radius 3 is 1.11 bits per heavy atom. The highest BCUT2D eigenvalue weighted by atomic mass is 19.4. The summed E-state index contributed by atoms with van der Waals surface area (Å²) in [4.78, 5) is 53.3. The number of hydrogen-bond acceptors (Lipinski definition) is 15. The molecule has 26 heteroatoms. The molecule has 2 aliphatic rings. The van der Waals surface area contributed by atoms with E-state index in [0.29, 0.717) is 32.2 Å². The summed E-state index contributed by atoms with van der Waals surface area (Å²) in [6.45, 7) is 23.3. The van der Waals surface area contributed by atoms with E-state index < -0.39 is 45.1 Å². The molecule has 0 bridgehead atoms. The van der Waals surface area contributed by atoms with Crippen LogP contribution in [-0.4, -0.2) is 142 Å². The normalized spacial score (nSPS) is 15.1. The second-order valence-electron chi connectivity index (χ2n) is 21.5. The lowest BCUT2D eigenvalue weighted by atomic mass is 9.83. The third-order valence-electron chi connectivity index (χ3n) is 12.1. The second kappa shape index (κ2) is 36.9. The Bertz CT molecular complexity index is 2130. The minimum atomic E-state index is -5.08. The van der Waals surface area contributed by atoms with Crippen LogP contribution in [0.2, 0.25) is 25.3 Å². The Morgan fingerprint density at radius 1 is 0.550 bits per heavy atom. The number of hydrogen-bond donors (Lipinski definition) is 9. The van der Waals surface area contributed by atoms with Crippen LogP contribution in [0, 0.1) is 0 Å². The molecule has 19 nitrogen and oxygen atoms in total. The van der Waals surface area contributed by atoms with Crippen molar-refractivity contribution in [3.63, 3.8) is 0 Å². The van der Waals surface area contributed by atoms with Crippen LogP contribution in [0.5, 0.6) is 0 Å². The molecule has 80 heavy (non-hydrogen) atoms. The lowest BCUT2D eigenvalue weighted by Gasteiger charge is -2.32. The van der Waals surface area contributed by atoms with Crippen molar-refractivity contribution in [1.29, 1.82) is 0 Å². The molecule has 446 valence electrons. The monoisotopic (exact) mass is 1130 g/mol. The maximum absolute atomic E-state index is 11.6. The summed E-state index contributed by atoms with van der Waals surface area (Å²) in [5.74, 6) is -4.09. The van der Waals surface area contributed by atoms with E-state index in [2.05, 4.69) is 22.8 Å². The van der Waals surface area contributed by atoms with Crippen molar-refractivity contribution in [2.45, 2.75) is 181 Å². The molecule has 10 N–H and O–H groups in total. The highest BCUT2D eigenvalue weighted by Crippen LogP contribution is 2.39. The zero-order valence-electron chi connectivity index (χ0n) is 48.3. The fraction of sp³-hybridized carbons (Fsp3) is 0.574. The number of aliphatic carboxylic acids is 2. The summed E-state index contributed by atoms with van der Waals surface area (Å²) in [6, 6.07) is 30.0. The second-order valence-corrected chi connectivity index (χ2v) is 21.5. The molecule has 2 heterocycles. The smallest absolute Gasteiger partial charge is 0.481 e. The lowest BCUT2D eigenvalue weighted by molar-refractivity contribution is -0.192. The van der Waals surface area contributed by atoms with Gasteiger partial charge in [0.05, 0.1) is 22.4 Å². The molecule has 0 aliphatic carbocycles. The maximum Gasteiger partial charge on any atom is 0.490 e. The summed E-state index contributed by atoms with van der Waals surface area (Å²) >= 11 is 0. The topological polar surface area (TPSA) is 303 Å². The van der Waals surface area contributed by atoms with Crippen molar-refractivity contribution in [1.82, 2.24) is 10.6 Å². The number of carbonyl (C=O) groups excluding carboxylic acids is 3. The average molecular weight is 1130 g/mol. The van der Waals surface area contributed by atoms with Crippen LogP contribution in [-0.2, 0) is 66.6 Å². The standard InChI is InChI=1S/C13H25BO4.2C11H16BNO3.C9H17BO4.C8H11N.C2HF3O2/c1-11(2,3)16-10(15)8-9-14-17-12(4,5)13(6,7)18-14;2*14-11(6-8-12(15)16)13-9-7-10-4-2-1-3-5-10;1-8(2)9(3,4)14-10(13-8)6-5-7(11)12;9-7-6-8-4-2-1-3-5-8;3-2(4,5)1(6)7/h8-9H2,1-7H3;2*1-5,15-16H,6-9H2,(H,13,14);5-6H2,1-4H3,(H,11,12);1-5H,6-7,9H2;(H,6,7). The maximum atomic E-state index is 11.6. The largest absolute Gasteiger partial charge is 0.490 e. The molecule has 0 aromatic heterocycles. The van der Waals surface area contributed by atoms with Gasteiger partial charge in [0.25, 0.3) is 0 Å². The first-order valence-electron chi connectivity index (χ1n) is 26.4. The van der Waals surface area contributed by atoms with Gasteiger partial charge in [-0.25, -0.2) is 4.79 Å². The summed E-state index contributed by atoms with van der Waals surface area (Å²) in [6.07, 6.45) is -0.745. The summed E-state index contributed by atoms with van der Waals surface area (Å²) in [7, 11) is -3.53. The van der Waals surface area contributed by atoms with E-state index in [1.165, 1.54) is 16.7 Å². The molecule has 0 atom stereocenters. The zero-order chi connectivity index (χ0) is 61.4. The number of ether oxygens (including phenoxy) is 1. The fourth-order valence-electron chi connectivity index (χ4n) is 6.53. The van der Waals surface area contributed by atoms with Gasteiger partial charge in [0.1, 0.15) is 5.60 Å². The highest BCUT2D eigenvalue weighted by Gasteiger charge is 2.51. The van der Waals surface area contributed by atoms with Gasteiger partial charge in [-0.15, -0.1) is 0 Å². The molecular weight excluding hydrogens is 1050 g/mol. The molecule has 5 rings (SSSR count). The molecule has 2 fully saturated rings. The molecule has 3 aromatic carbocycles. The van der Waals surface area contributed by atoms with Gasteiger partial charge < -0.3 is 70.0 Å². The van der Waals surface area contributed by atoms with Crippen LogP contribution in [0.15, 0.2) is 91.0 Å². The molecule has 0 saturated carbocycles. The lowest BCUT2D eigenvalue weighted by Crippen LogP contribution is -2.41. The molecule has 0 unspecified atom stereocenters. The van der Waals surface area contributed by atoms with Crippen molar-refractivity contribution in [3.05, 3.63) is 108 Å². The van der Waals surface area contributed by atoms with Gasteiger partial charge in [-0.3, -0.25) is 19.2 Å². The molecule has 2 aliphatic heterocycles. The number of carbonyl (C=O) groups is 5. The molecule has 0 radical (unpaired) electrons. The molecule has 2 saturated heterocycles. The summed E-state index contributed by atoms with van der Waals surface area (Å²) in [5.41, 5.74) is 7.17. The van der Waals surface area contributed by atoms with E-state index in [-0.39, 0.29) is 79.2 Å². The van der Waals surface area contributed by atoms with Gasteiger partial charge in [-0.05, 0) is 144 Å². The fourth-order valence-corrected chi connectivity index (χ4v) is 6.53. The van der Waals surface area contributed by atoms with Crippen LogP contribution >= 0.6 is 0 Å². The number of nitrogens with one attached hydrogen (secondary N) is 2. The number of benzene rings is 3. The van der Waals surface area contributed by atoms with Crippen LogP contribution < -0.4 is 16.4 Å². The number of esters is 1. The van der Waals surface area contributed by atoms with E-state index in [1.54, 1.807) is 0 Å². The van der Waals surface area contributed by atoms with E-state index >= 15 is 0 Å². The quantitative estimate of drug-likeness (QED) is 0.0425. The first-order valence-corrected chi connectivity index (χ1v) is 26.4. The zero-order valence-corrected chi connectivity index (χ0v) is 48.3. The Labute approximate surface area is 471 Å². The van der Waals surface area contributed by atoms with Gasteiger partial charge in [0, 0.05) is 38.8 Å². The van der Waals surface area contributed by atoms with Gasteiger partial charge in [0.15, 0.2) is 0 Å². The third-order valence-corrected chi connectivity index (χ3v) is 12.1. The number of rotatable bonds is 20. The predicted molar refractivity (Wildman–Crippen MR) is 303 cm³/mol. The number of carboxylic acid groups (broad SMARTS) is 2. The van der Waals surface area contributed by atoms with E-state index in [1.807, 2.05) is 155 Å². The molecule has 3 aromatic rings. The van der Waals surface area contributed by atoms with Crippen molar-refractivity contribution in [3.8, 4) is 0 Å². The van der Waals surface area contributed by atoms with Crippen LogP contribution in [0.1, 0.15) is 119 Å². The van der Waals surface area contributed by atoms with Gasteiger partial charge >= 0.3 is 52.6 Å². The first-order chi connectivity index (χ1) is 36.9. The number of nitrogens with two attached hydrogens (primary N) is 1. The van der Waals surface area contributed by atoms with Gasteiger partial charge in [0.2, 0.25) is 11.8 Å². The van der Waals surface area contributed by atoms with Crippen molar-refractivity contribution < 1.29 is 90.8 Å². The van der Waals surface area contributed by atoms with Crippen LogP contribution in [0.4, 0.5) is 13.2 Å². The predicted octanol–water partition coefficient (Wildman–Crippen LogP) is 6.60. The highest BCUT2D eigenvalue weighted by molar-refractivity contribution is 6.46. The summed E-state index contributed by atoms with van der Waals surface area (Å²) < 4.78 is 59.9. The third kappa shape index (κ3) is 35.4. The Kier molecular flexibility index (Phi) is 34.5.